The standard InChI is InChI=1S/C23H27FN4O/c1-18(23(29)26-12-11-19-7-9-21(24)10-8-19)27-13-4-14-28(16-15-27)22-6-3-2-5-20(22)17-25/h2-3,5-10,18H,4,11-16H2,1H3,(H,26,29). The molecule has 1 amide bonds. The number of rotatable bonds is 6. The number of amides is 1. The zero-order chi connectivity index (χ0) is 20.6. The number of anilines is 1. The van der Waals surface area contributed by atoms with E-state index in [2.05, 4.69) is 21.2 Å². The second kappa shape index (κ2) is 10.0. The molecular formula is C23H27FN4O. The van der Waals surface area contributed by atoms with Crippen molar-refractivity contribution in [2.75, 3.05) is 37.6 Å². The van der Waals surface area contributed by atoms with Crippen LogP contribution in [0.25, 0.3) is 0 Å². The molecule has 1 saturated heterocycles. The molecule has 1 aliphatic heterocycles. The van der Waals surface area contributed by atoms with Crippen molar-refractivity contribution < 1.29 is 9.18 Å². The van der Waals surface area contributed by atoms with Gasteiger partial charge in [0.2, 0.25) is 5.91 Å². The lowest BCUT2D eigenvalue weighted by atomic mass is 10.1. The molecule has 1 aliphatic rings. The molecule has 2 aromatic rings. The van der Waals surface area contributed by atoms with E-state index < -0.39 is 0 Å². The minimum Gasteiger partial charge on any atom is -0.369 e. The summed E-state index contributed by atoms with van der Waals surface area (Å²) in [5, 5.41) is 12.3. The Morgan fingerprint density at radius 3 is 2.66 bits per heavy atom. The summed E-state index contributed by atoms with van der Waals surface area (Å²) in [7, 11) is 0. The smallest absolute Gasteiger partial charge is 0.237 e. The minimum absolute atomic E-state index is 0.0120. The van der Waals surface area contributed by atoms with Crippen LogP contribution in [-0.4, -0.2) is 49.6 Å². The molecule has 3 rings (SSSR count). The van der Waals surface area contributed by atoms with Gasteiger partial charge in [0.1, 0.15) is 11.9 Å². The Kier molecular flexibility index (Phi) is 7.20. The predicted molar refractivity (Wildman–Crippen MR) is 112 cm³/mol. The van der Waals surface area contributed by atoms with Gasteiger partial charge < -0.3 is 10.2 Å². The maximum absolute atomic E-state index is 13.0. The van der Waals surface area contributed by atoms with Crippen molar-refractivity contribution in [1.29, 1.82) is 5.26 Å². The van der Waals surface area contributed by atoms with Crippen molar-refractivity contribution in [3.8, 4) is 6.07 Å². The van der Waals surface area contributed by atoms with E-state index >= 15 is 0 Å². The third kappa shape index (κ3) is 5.55. The highest BCUT2D eigenvalue weighted by atomic mass is 19.1. The van der Waals surface area contributed by atoms with Crippen LogP contribution in [0.1, 0.15) is 24.5 Å². The average Bonchev–Trinajstić information content (AvgIpc) is 3.00. The average molecular weight is 394 g/mol. The Morgan fingerprint density at radius 1 is 1.14 bits per heavy atom. The largest absolute Gasteiger partial charge is 0.369 e. The molecule has 1 atom stereocenters. The van der Waals surface area contributed by atoms with Crippen LogP contribution in [0.2, 0.25) is 0 Å². The molecule has 152 valence electrons. The first-order valence-corrected chi connectivity index (χ1v) is 10.1. The van der Waals surface area contributed by atoms with E-state index in [0.717, 1.165) is 43.9 Å². The second-order valence-electron chi connectivity index (χ2n) is 7.35. The van der Waals surface area contributed by atoms with Crippen molar-refractivity contribution in [1.82, 2.24) is 10.2 Å². The number of nitrogens with zero attached hydrogens (tertiary/aromatic N) is 3. The summed E-state index contributed by atoms with van der Waals surface area (Å²) in [5.41, 5.74) is 2.65. The van der Waals surface area contributed by atoms with Crippen molar-refractivity contribution in [3.05, 3.63) is 65.5 Å². The number of benzene rings is 2. The fourth-order valence-electron chi connectivity index (χ4n) is 3.70. The van der Waals surface area contributed by atoms with Crippen LogP contribution in [0.5, 0.6) is 0 Å². The van der Waals surface area contributed by atoms with E-state index in [4.69, 9.17) is 0 Å². The lowest BCUT2D eigenvalue weighted by Crippen LogP contribution is -2.47. The van der Waals surface area contributed by atoms with Crippen LogP contribution >= 0.6 is 0 Å². The Bertz CT molecular complexity index is 862. The molecule has 0 aliphatic carbocycles. The summed E-state index contributed by atoms with van der Waals surface area (Å²) in [6, 6.07) is 16.1. The van der Waals surface area contributed by atoms with Gasteiger partial charge in [-0.1, -0.05) is 24.3 Å². The Labute approximate surface area is 171 Å². The van der Waals surface area contributed by atoms with Gasteiger partial charge in [-0.15, -0.1) is 0 Å². The van der Waals surface area contributed by atoms with Crippen LogP contribution in [-0.2, 0) is 11.2 Å². The molecule has 0 bridgehead atoms. The minimum atomic E-state index is -0.251. The Morgan fingerprint density at radius 2 is 1.90 bits per heavy atom. The highest BCUT2D eigenvalue weighted by Gasteiger charge is 2.24. The lowest BCUT2D eigenvalue weighted by Gasteiger charge is -2.27. The number of nitrogens with one attached hydrogen (secondary N) is 1. The number of carbonyl (C=O) groups excluding carboxylic acids is 1. The summed E-state index contributed by atoms with van der Waals surface area (Å²) in [6.07, 6.45) is 1.62. The molecule has 1 unspecified atom stereocenters. The van der Waals surface area contributed by atoms with Gasteiger partial charge >= 0.3 is 0 Å². The number of hydrogen-bond donors (Lipinski definition) is 1. The first-order valence-electron chi connectivity index (χ1n) is 10.1. The number of halogens is 1. The van der Waals surface area contributed by atoms with Crippen molar-refractivity contribution in [2.24, 2.45) is 0 Å². The van der Waals surface area contributed by atoms with Crippen molar-refractivity contribution in [3.63, 3.8) is 0 Å². The van der Waals surface area contributed by atoms with Gasteiger partial charge in [0, 0.05) is 32.7 Å². The summed E-state index contributed by atoms with van der Waals surface area (Å²) >= 11 is 0. The van der Waals surface area contributed by atoms with Gasteiger partial charge in [0.05, 0.1) is 17.3 Å². The molecule has 0 radical (unpaired) electrons. The molecule has 6 heteroatoms. The third-order valence-corrected chi connectivity index (χ3v) is 5.45. The Hall–Kier alpha value is -2.91. The molecule has 0 spiro atoms. The van der Waals surface area contributed by atoms with Gasteiger partial charge in [-0.2, -0.15) is 5.26 Å². The first-order chi connectivity index (χ1) is 14.1. The van der Waals surface area contributed by atoms with Crippen LogP contribution in [0.4, 0.5) is 10.1 Å². The quantitative estimate of drug-likeness (QED) is 0.818. The number of nitriles is 1. The molecular weight excluding hydrogens is 367 g/mol. The summed E-state index contributed by atoms with van der Waals surface area (Å²) in [4.78, 5) is 17.0. The predicted octanol–water partition coefficient (Wildman–Crippen LogP) is 2.96. The number of para-hydroxylation sites is 1. The molecule has 2 aromatic carbocycles. The highest BCUT2D eigenvalue weighted by molar-refractivity contribution is 5.81. The third-order valence-electron chi connectivity index (χ3n) is 5.45. The van der Waals surface area contributed by atoms with Gasteiger partial charge in [0.15, 0.2) is 0 Å². The lowest BCUT2D eigenvalue weighted by molar-refractivity contribution is -0.125. The second-order valence-corrected chi connectivity index (χ2v) is 7.35. The molecule has 1 fully saturated rings. The number of hydrogen-bond acceptors (Lipinski definition) is 4. The molecule has 1 heterocycles. The van der Waals surface area contributed by atoms with E-state index in [0.29, 0.717) is 18.5 Å². The molecule has 5 nitrogen and oxygen atoms in total. The van der Waals surface area contributed by atoms with E-state index in [1.54, 1.807) is 12.1 Å². The van der Waals surface area contributed by atoms with Crippen LogP contribution in [0.15, 0.2) is 48.5 Å². The fourth-order valence-corrected chi connectivity index (χ4v) is 3.70. The maximum Gasteiger partial charge on any atom is 0.237 e. The fraction of sp³-hybridized carbons (Fsp3) is 0.391. The van der Waals surface area contributed by atoms with E-state index in [1.807, 2.05) is 31.2 Å². The van der Waals surface area contributed by atoms with Crippen LogP contribution < -0.4 is 10.2 Å². The maximum atomic E-state index is 13.0. The van der Waals surface area contributed by atoms with Crippen molar-refractivity contribution in [2.45, 2.75) is 25.8 Å². The van der Waals surface area contributed by atoms with E-state index in [9.17, 15) is 14.4 Å². The summed E-state index contributed by atoms with van der Waals surface area (Å²) < 4.78 is 13.0. The molecule has 0 saturated carbocycles. The normalized spacial score (nSPS) is 16.0. The zero-order valence-corrected chi connectivity index (χ0v) is 16.8. The number of carbonyl (C=O) groups is 1. The SMILES string of the molecule is CC(C(=O)NCCc1ccc(F)cc1)N1CCCN(c2ccccc2C#N)CC1. The first kappa shape index (κ1) is 20.8. The van der Waals surface area contributed by atoms with Crippen LogP contribution in [0, 0.1) is 17.1 Å². The molecule has 29 heavy (non-hydrogen) atoms. The van der Waals surface area contributed by atoms with E-state index in [1.165, 1.54) is 12.1 Å². The van der Waals surface area contributed by atoms with Gasteiger partial charge in [-0.3, -0.25) is 9.69 Å². The Balaban J connectivity index is 1.50. The van der Waals surface area contributed by atoms with Crippen LogP contribution in [0.3, 0.4) is 0 Å². The van der Waals surface area contributed by atoms with Crippen molar-refractivity contribution >= 4 is 11.6 Å². The summed E-state index contributed by atoms with van der Waals surface area (Å²) in [5.74, 6) is -0.239. The molecule has 1 N–H and O–H groups in total. The van der Waals surface area contributed by atoms with Gasteiger partial charge in [0.25, 0.3) is 0 Å². The highest BCUT2D eigenvalue weighted by Crippen LogP contribution is 2.21. The van der Waals surface area contributed by atoms with Gasteiger partial charge in [-0.05, 0) is 49.6 Å². The summed E-state index contributed by atoms with van der Waals surface area (Å²) in [6.45, 7) is 5.74. The topological polar surface area (TPSA) is 59.4 Å². The zero-order valence-electron chi connectivity index (χ0n) is 16.8. The van der Waals surface area contributed by atoms with E-state index in [-0.39, 0.29) is 17.8 Å². The monoisotopic (exact) mass is 394 g/mol. The van der Waals surface area contributed by atoms with Gasteiger partial charge in [-0.25, -0.2) is 4.39 Å². The molecule has 0 aromatic heterocycles.